The Morgan fingerprint density at radius 2 is 1.89 bits per heavy atom. The standard InChI is InChI=1S/C14H16ClN3/c1-2-11-3-5-12(6-4-11)7-8-17-14-13(15)9-16-10-18-14/h3-6,9-10H,2,7-8H2,1H3,(H,16,17,18). The van der Waals surface area contributed by atoms with E-state index in [0.717, 1.165) is 19.4 Å². The van der Waals surface area contributed by atoms with Crippen molar-refractivity contribution in [1.29, 1.82) is 0 Å². The Morgan fingerprint density at radius 1 is 1.17 bits per heavy atom. The molecular weight excluding hydrogens is 246 g/mol. The number of hydrogen-bond acceptors (Lipinski definition) is 3. The summed E-state index contributed by atoms with van der Waals surface area (Å²) in [7, 11) is 0. The van der Waals surface area contributed by atoms with Crippen LogP contribution in [0.5, 0.6) is 0 Å². The van der Waals surface area contributed by atoms with Crippen LogP contribution < -0.4 is 5.32 Å². The summed E-state index contributed by atoms with van der Waals surface area (Å²) in [6.07, 6.45) is 5.11. The van der Waals surface area contributed by atoms with Crippen LogP contribution in [0.15, 0.2) is 36.8 Å². The Balaban J connectivity index is 1.86. The van der Waals surface area contributed by atoms with Crippen molar-refractivity contribution in [2.24, 2.45) is 0 Å². The van der Waals surface area contributed by atoms with Crippen molar-refractivity contribution >= 4 is 17.4 Å². The molecule has 2 rings (SSSR count). The van der Waals surface area contributed by atoms with E-state index in [-0.39, 0.29) is 0 Å². The number of rotatable bonds is 5. The predicted molar refractivity (Wildman–Crippen MR) is 75.1 cm³/mol. The van der Waals surface area contributed by atoms with Crippen LogP contribution in [0.4, 0.5) is 5.82 Å². The van der Waals surface area contributed by atoms with Crippen LogP contribution in [0.25, 0.3) is 0 Å². The molecule has 3 nitrogen and oxygen atoms in total. The SMILES string of the molecule is CCc1ccc(CCNc2ncncc2Cl)cc1. The van der Waals surface area contributed by atoms with Gasteiger partial charge in [-0.2, -0.15) is 0 Å². The average Bonchev–Trinajstić information content (AvgIpc) is 2.42. The Bertz CT molecular complexity index is 497. The topological polar surface area (TPSA) is 37.8 Å². The zero-order chi connectivity index (χ0) is 12.8. The van der Waals surface area contributed by atoms with Gasteiger partial charge >= 0.3 is 0 Å². The normalized spacial score (nSPS) is 10.3. The highest BCUT2D eigenvalue weighted by atomic mass is 35.5. The minimum atomic E-state index is 0.554. The molecule has 1 aromatic carbocycles. The Labute approximate surface area is 112 Å². The number of aromatic nitrogens is 2. The van der Waals surface area contributed by atoms with Gasteiger partial charge in [-0.15, -0.1) is 0 Å². The fourth-order valence-electron chi connectivity index (χ4n) is 1.71. The molecule has 0 saturated heterocycles. The summed E-state index contributed by atoms with van der Waals surface area (Å²) in [4.78, 5) is 7.93. The van der Waals surface area contributed by atoms with Gasteiger partial charge in [0.15, 0.2) is 0 Å². The van der Waals surface area contributed by atoms with E-state index < -0.39 is 0 Å². The minimum Gasteiger partial charge on any atom is -0.368 e. The Kier molecular flexibility index (Phi) is 4.53. The predicted octanol–water partition coefficient (Wildman–Crippen LogP) is 3.35. The monoisotopic (exact) mass is 261 g/mol. The van der Waals surface area contributed by atoms with Gasteiger partial charge < -0.3 is 5.32 Å². The molecule has 94 valence electrons. The number of halogens is 1. The van der Waals surface area contributed by atoms with Gasteiger partial charge in [0.2, 0.25) is 0 Å². The van der Waals surface area contributed by atoms with Gasteiger partial charge in [0.1, 0.15) is 17.2 Å². The molecule has 0 atom stereocenters. The van der Waals surface area contributed by atoms with Gasteiger partial charge in [0, 0.05) is 6.54 Å². The maximum absolute atomic E-state index is 5.96. The van der Waals surface area contributed by atoms with E-state index in [1.807, 2.05) is 0 Å². The van der Waals surface area contributed by atoms with Crippen LogP contribution in [0.2, 0.25) is 5.02 Å². The maximum atomic E-state index is 5.96. The van der Waals surface area contributed by atoms with Crippen LogP contribution in [0.1, 0.15) is 18.1 Å². The van der Waals surface area contributed by atoms with Crippen molar-refractivity contribution < 1.29 is 0 Å². The zero-order valence-electron chi connectivity index (χ0n) is 10.4. The van der Waals surface area contributed by atoms with Crippen LogP contribution >= 0.6 is 11.6 Å². The van der Waals surface area contributed by atoms with Crippen molar-refractivity contribution in [1.82, 2.24) is 9.97 Å². The Hall–Kier alpha value is -1.61. The molecule has 0 amide bonds. The second-order valence-electron chi connectivity index (χ2n) is 4.07. The second-order valence-corrected chi connectivity index (χ2v) is 4.47. The first-order valence-corrected chi connectivity index (χ1v) is 6.44. The highest BCUT2D eigenvalue weighted by Crippen LogP contribution is 2.16. The molecule has 0 radical (unpaired) electrons. The molecule has 0 aliphatic heterocycles. The van der Waals surface area contributed by atoms with E-state index >= 15 is 0 Å². The fraction of sp³-hybridized carbons (Fsp3) is 0.286. The second kappa shape index (κ2) is 6.36. The van der Waals surface area contributed by atoms with Crippen LogP contribution in [-0.2, 0) is 12.8 Å². The molecule has 0 fully saturated rings. The summed E-state index contributed by atoms with van der Waals surface area (Å²) in [5.74, 6) is 0.692. The molecule has 0 spiro atoms. The molecule has 1 N–H and O–H groups in total. The molecule has 0 saturated carbocycles. The first-order chi connectivity index (χ1) is 8.79. The fourth-order valence-corrected chi connectivity index (χ4v) is 1.88. The van der Waals surface area contributed by atoms with Crippen molar-refractivity contribution in [2.75, 3.05) is 11.9 Å². The van der Waals surface area contributed by atoms with Gasteiger partial charge in [0.05, 0.1) is 6.20 Å². The Morgan fingerprint density at radius 3 is 2.56 bits per heavy atom. The maximum Gasteiger partial charge on any atom is 0.148 e. The number of hydrogen-bond donors (Lipinski definition) is 1. The van der Waals surface area contributed by atoms with Crippen molar-refractivity contribution in [3.8, 4) is 0 Å². The summed E-state index contributed by atoms with van der Waals surface area (Å²) in [5.41, 5.74) is 2.68. The smallest absolute Gasteiger partial charge is 0.148 e. The van der Waals surface area contributed by atoms with Gasteiger partial charge in [-0.1, -0.05) is 42.8 Å². The molecule has 4 heteroatoms. The summed E-state index contributed by atoms with van der Waals surface area (Å²) < 4.78 is 0. The van der Waals surface area contributed by atoms with Crippen LogP contribution in [-0.4, -0.2) is 16.5 Å². The molecule has 0 unspecified atom stereocenters. The van der Waals surface area contributed by atoms with Crippen LogP contribution in [0, 0.1) is 0 Å². The molecule has 0 aliphatic rings. The van der Waals surface area contributed by atoms with Crippen LogP contribution in [0.3, 0.4) is 0 Å². The third-order valence-electron chi connectivity index (χ3n) is 2.80. The largest absolute Gasteiger partial charge is 0.368 e. The number of nitrogens with zero attached hydrogens (tertiary/aromatic N) is 2. The summed E-state index contributed by atoms with van der Waals surface area (Å²) in [6.45, 7) is 2.97. The zero-order valence-corrected chi connectivity index (χ0v) is 11.1. The van der Waals surface area contributed by atoms with Gasteiger partial charge in [-0.25, -0.2) is 9.97 Å². The van der Waals surface area contributed by atoms with E-state index in [1.54, 1.807) is 6.20 Å². The number of benzene rings is 1. The van der Waals surface area contributed by atoms with Crippen molar-refractivity contribution in [3.05, 3.63) is 52.9 Å². The summed E-state index contributed by atoms with van der Waals surface area (Å²) in [6, 6.07) is 8.68. The first kappa shape index (κ1) is 12.8. The third kappa shape index (κ3) is 3.44. The highest BCUT2D eigenvalue weighted by molar-refractivity contribution is 6.32. The third-order valence-corrected chi connectivity index (χ3v) is 3.08. The molecule has 1 heterocycles. The van der Waals surface area contributed by atoms with E-state index in [1.165, 1.54) is 17.5 Å². The van der Waals surface area contributed by atoms with Gasteiger partial charge in [-0.3, -0.25) is 0 Å². The van der Waals surface area contributed by atoms with Gasteiger partial charge in [0.25, 0.3) is 0 Å². The molecule has 0 bridgehead atoms. The van der Waals surface area contributed by atoms with E-state index in [9.17, 15) is 0 Å². The highest BCUT2D eigenvalue weighted by Gasteiger charge is 2.00. The van der Waals surface area contributed by atoms with E-state index in [4.69, 9.17) is 11.6 Å². The summed E-state index contributed by atoms with van der Waals surface area (Å²) in [5, 5.41) is 3.76. The summed E-state index contributed by atoms with van der Waals surface area (Å²) >= 11 is 5.96. The van der Waals surface area contributed by atoms with Crippen molar-refractivity contribution in [3.63, 3.8) is 0 Å². The molecule has 0 aliphatic carbocycles. The first-order valence-electron chi connectivity index (χ1n) is 6.06. The lowest BCUT2D eigenvalue weighted by atomic mass is 10.1. The van der Waals surface area contributed by atoms with Gasteiger partial charge in [-0.05, 0) is 24.0 Å². The number of aryl methyl sites for hydroxylation is 1. The molecular formula is C14H16ClN3. The quantitative estimate of drug-likeness (QED) is 0.897. The lowest BCUT2D eigenvalue weighted by Crippen LogP contribution is -2.06. The minimum absolute atomic E-state index is 0.554. The average molecular weight is 262 g/mol. The molecule has 2 aromatic rings. The number of nitrogens with one attached hydrogen (secondary N) is 1. The lowest BCUT2D eigenvalue weighted by molar-refractivity contribution is 0.995. The van der Waals surface area contributed by atoms with E-state index in [0.29, 0.717) is 10.8 Å². The number of anilines is 1. The molecule has 18 heavy (non-hydrogen) atoms. The molecule has 1 aromatic heterocycles. The van der Waals surface area contributed by atoms with E-state index in [2.05, 4.69) is 46.5 Å². The van der Waals surface area contributed by atoms with Crippen molar-refractivity contribution in [2.45, 2.75) is 19.8 Å². The lowest BCUT2D eigenvalue weighted by Gasteiger charge is -2.07.